The average Bonchev–Trinajstić information content (AvgIpc) is 2.74. The van der Waals surface area contributed by atoms with Crippen LogP contribution in [0.5, 0.6) is 0 Å². The van der Waals surface area contributed by atoms with Gasteiger partial charge >= 0.3 is 0 Å². The summed E-state index contributed by atoms with van der Waals surface area (Å²) in [6.07, 6.45) is 1.08. The van der Waals surface area contributed by atoms with Crippen LogP contribution in [0.15, 0.2) is 36.4 Å². The molecule has 0 unspecified atom stereocenters. The molecule has 1 fully saturated rings. The van der Waals surface area contributed by atoms with Crippen LogP contribution in [0.25, 0.3) is 11.1 Å². The predicted octanol–water partition coefficient (Wildman–Crippen LogP) is 2.76. The summed E-state index contributed by atoms with van der Waals surface area (Å²) in [6, 6.07) is 8.38. The van der Waals surface area contributed by atoms with E-state index in [0.29, 0.717) is 37.1 Å². The Kier molecular flexibility index (Phi) is 7.25. The van der Waals surface area contributed by atoms with Crippen molar-refractivity contribution in [3.63, 3.8) is 0 Å². The minimum Gasteiger partial charge on any atom is -0.343 e. The minimum atomic E-state index is -3.87. The number of hydrogen-bond acceptors (Lipinski definition) is 4. The highest BCUT2D eigenvalue weighted by Gasteiger charge is 2.26. The molecule has 0 atom stereocenters. The first kappa shape index (κ1) is 23.8. The summed E-state index contributed by atoms with van der Waals surface area (Å²) in [7, 11) is -3.87. The molecule has 172 valence electrons. The van der Waals surface area contributed by atoms with E-state index in [9.17, 15) is 26.8 Å². The van der Waals surface area contributed by atoms with Gasteiger partial charge in [0.1, 0.15) is 11.6 Å². The van der Waals surface area contributed by atoms with Crippen molar-refractivity contribution in [1.82, 2.24) is 15.2 Å². The summed E-state index contributed by atoms with van der Waals surface area (Å²) in [4.78, 5) is 27.6. The Hall–Kier alpha value is -2.85. The molecule has 1 saturated heterocycles. The van der Waals surface area contributed by atoms with Gasteiger partial charge in [0.2, 0.25) is 15.9 Å². The number of carbonyl (C=O) groups is 2. The molecule has 1 aliphatic rings. The van der Waals surface area contributed by atoms with E-state index in [1.54, 1.807) is 11.0 Å². The van der Waals surface area contributed by atoms with Crippen LogP contribution in [0, 0.1) is 24.5 Å². The number of rotatable bonds is 6. The molecule has 2 aromatic rings. The molecule has 0 bridgehead atoms. The van der Waals surface area contributed by atoms with E-state index in [-0.39, 0.29) is 28.7 Å². The third-order valence-electron chi connectivity index (χ3n) is 5.49. The second-order valence-electron chi connectivity index (χ2n) is 7.95. The maximum Gasteiger partial charge on any atom is 0.269 e. The molecular formula is C22H25F2N3O4S. The summed E-state index contributed by atoms with van der Waals surface area (Å²) in [5, 5.41) is 0. The van der Waals surface area contributed by atoms with Crippen molar-refractivity contribution in [2.45, 2.75) is 26.7 Å². The highest BCUT2D eigenvalue weighted by atomic mass is 32.2. The van der Waals surface area contributed by atoms with Gasteiger partial charge in [0.25, 0.3) is 5.91 Å². The molecule has 7 nitrogen and oxygen atoms in total. The van der Waals surface area contributed by atoms with Crippen LogP contribution in [-0.2, 0) is 14.8 Å². The first-order valence-electron chi connectivity index (χ1n) is 10.2. The quantitative estimate of drug-likeness (QED) is 0.642. The molecule has 0 saturated carbocycles. The molecule has 1 heterocycles. The van der Waals surface area contributed by atoms with Gasteiger partial charge in [-0.1, -0.05) is 12.1 Å². The number of benzene rings is 2. The lowest BCUT2D eigenvalue weighted by Gasteiger charge is -2.31. The van der Waals surface area contributed by atoms with Crippen molar-refractivity contribution < 1.29 is 26.8 Å². The number of carbonyl (C=O) groups excluding carboxylic acids is 2. The summed E-state index contributed by atoms with van der Waals surface area (Å²) in [6.45, 7) is 3.91. The smallest absolute Gasteiger partial charge is 0.269 e. The average molecular weight is 466 g/mol. The van der Waals surface area contributed by atoms with Crippen molar-refractivity contribution in [2.24, 2.45) is 5.92 Å². The third-order valence-corrected chi connectivity index (χ3v) is 6.82. The third kappa shape index (κ3) is 5.89. The molecule has 0 aromatic heterocycles. The molecule has 2 N–H and O–H groups in total. The molecule has 32 heavy (non-hydrogen) atoms. The maximum atomic E-state index is 14.6. The zero-order valence-electron chi connectivity index (χ0n) is 17.8. The number of sulfonamides is 1. The van der Waals surface area contributed by atoms with Gasteiger partial charge in [-0.25, -0.2) is 17.2 Å². The summed E-state index contributed by atoms with van der Waals surface area (Å²) in [5.74, 6) is -2.65. The molecule has 2 amide bonds. The monoisotopic (exact) mass is 465 g/mol. The van der Waals surface area contributed by atoms with Gasteiger partial charge in [0.05, 0.1) is 11.3 Å². The Morgan fingerprint density at radius 1 is 1.09 bits per heavy atom. The fourth-order valence-corrected chi connectivity index (χ4v) is 5.01. The fourth-order valence-electron chi connectivity index (χ4n) is 3.73. The molecule has 0 spiro atoms. The van der Waals surface area contributed by atoms with Gasteiger partial charge in [-0.2, -0.15) is 0 Å². The number of hydrazine groups is 1. The highest BCUT2D eigenvalue weighted by molar-refractivity contribution is 7.89. The first-order valence-corrected chi connectivity index (χ1v) is 11.8. The zero-order chi connectivity index (χ0) is 23.5. The van der Waals surface area contributed by atoms with Gasteiger partial charge in [-0.05, 0) is 66.6 Å². The fraction of sp³-hybridized carbons (Fsp3) is 0.364. The number of aryl methyl sites for hydroxylation is 1. The van der Waals surface area contributed by atoms with E-state index in [1.165, 1.54) is 44.2 Å². The number of piperidine rings is 1. The number of halogens is 2. The van der Waals surface area contributed by atoms with Gasteiger partial charge in [0.15, 0.2) is 0 Å². The minimum absolute atomic E-state index is 0.0468. The van der Waals surface area contributed by atoms with E-state index in [2.05, 4.69) is 5.43 Å². The lowest BCUT2D eigenvalue weighted by molar-refractivity contribution is -0.130. The molecular weight excluding hydrogens is 440 g/mol. The van der Waals surface area contributed by atoms with Crippen LogP contribution in [0.3, 0.4) is 0 Å². The van der Waals surface area contributed by atoms with Crippen molar-refractivity contribution in [3.05, 3.63) is 59.2 Å². The number of amides is 2. The lowest BCUT2D eigenvalue weighted by atomic mass is 9.99. The van der Waals surface area contributed by atoms with Crippen LogP contribution in [0.2, 0.25) is 0 Å². The Balaban J connectivity index is 1.67. The largest absolute Gasteiger partial charge is 0.343 e. The Morgan fingerprint density at radius 3 is 2.41 bits per heavy atom. The van der Waals surface area contributed by atoms with Gasteiger partial charge < -0.3 is 4.90 Å². The second kappa shape index (κ2) is 9.74. The standard InChI is InChI=1S/C22H25F2N3O4S/c1-14-10-18(17-4-3-5-19(23)11-17)12-20(21(14)24)22(29)25-26-32(30,31)13-16-6-8-27(9-7-16)15(2)28/h3-5,10-12,16,26H,6-9,13H2,1-2H3,(H,25,29). The van der Waals surface area contributed by atoms with Crippen LogP contribution in [0.1, 0.15) is 35.7 Å². The van der Waals surface area contributed by atoms with Crippen molar-refractivity contribution in [3.8, 4) is 11.1 Å². The van der Waals surface area contributed by atoms with Gasteiger partial charge in [-0.15, -0.1) is 4.83 Å². The predicted molar refractivity (Wildman–Crippen MR) is 116 cm³/mol. The molecule has 0 radical (unpaired) electrons. The summed E-state index contributed by atoms with van der Waals surface area (Å²) >= 11 is 0. The molecule has 3 rings (SSSR count). The molecule has 1 aliphatic heterocycles. The van der Waals surface area contributed by atoms with Crippen molar-refractivity contribution >= 4 is 21.8 Å². The lowest BCUT2D eigenvalue weighted by Crippen LogP contribution is -2.45. The number of likely N-dealkylation sites (tertiary alicyclic amines) is 1. The molecule has 2 aromatic carbocycles. The van der Waals surface area contributed by atoms with Crippen LogP contribution >= 0.6 is 0 Å². The summed E-state index contributed by atoms with van der Waals surface area (Å²) in [5.41, 5.74) is 2.75. The normalized spacial score (nSPS) is 14.9. The van der Waals surface area contributed by atoms with E-state index in [4.69, 9.17) is 0 Å². The van der Waals surface area contributed by atoms with E-state index < -0.39 is 27.6 Å². The Morgan fingerprint density at radius 2 is 1.78 bits per heavy atom. The topological polar surface area (TPSA) is 95.6 Å². The van der Waals surface area contributed by atoms with Crippen molar-refractivity contribution in [2.75, 3.05) is 18.8 Å². The zero-order valence-corrected chi connectivity index (χ0v) is 18.6. The maximum absolute atomic E-state index is 14.6. The van der Waals surface area contributed by atoms with Crippen LogP contribution < -0.4 is 10.3 Å². The van der Waals surface area contributed by atoms with E-state index in [1.807, 2.05) is 4.83 Å². The highest BCUT2D eigenvalue weighted by Crippen LogP contribution is 2.25. The number of nitrogens with one attached hydrogen (secondary N) is 2. The number of nitrogens with zero attached hydrogens (tertiary/aromatic N) is 1. The second-order valence-corrected chi connectivity index (χ2v) is 9.72. The van der Waals surface area contributed by atoms with Gasteiger partial charge in [-0.3, -0.25) is 15.0 Å². The number of hydrogen-bond donors (Lipinski definition) is 2. The molecule has 0 aliphatic carbocycles. The van der Waals surface area contributed by atoms with Crippen LogP contribution in [-0.4, -0.2) is 44.0 Å². The first-order chi connectivity index (χ1) is 15.1. The van der Waals surface area contributed by atoms with E-state index >= 15 is 0 Å². The van der Waals surface area contributed by atoms with Crippen LogP contribution in [0.4, 0.5) is 8.78 Å². The van der Waals surface area contributed by atoms with E-state index in [0.717, 1.165) is 0 Å². The SMILES string of the molecule is CC(=O)N1CCC(CS(=O)(=O)NNC(=O)c2cc(-c3cccc(F)c3)cc(C)c2F)CC1. The van der Waals surface area contributed by atoms with Gasteiger partial charge in [0, 0.05) is 20.0 Å². The van der Waals surface area contributed by atoms with Crippen molar-refractivity contribution in [1.29, 1.82) is 0 Å². The Bertz CT molecular complexity index is 1130. The Labute approximate surface area is 185 Å². The molecule has 10 heteroatoms. The summed E-state index contributed by atoms with van der Waals surface area (Å²) < 4.78 is 52.9.